The summed E-state index contributed by atoms with van der Waals surface area (Å²) < 4.78 is 26.2. The van der Waals surface area contributed by atoms with Crippen LogP contribution in [0.15, 0.2) is 24.3 Å². The molecule has 0 bridgehead atoms. The highest BCUT2D eigenvalue weighted by molar-refractivity contribution is 7.46. The van der Waals surface area contributed by atoms with E-state index >= 15 is 0 Å². The maximum absolute atomic E-state index is 12.4. The number of allylic oxidation sites excluding steroid dienone is 3. The fourth-order valence-electron chi connectivity index (χ4n) is 5.89. The zero-order chi connectivity index (χ0) is 36.5. The van der Waals surface area contributed by atoms with E-state index in [4.69, 9.17) is 19.3 Å². The molecule has 0 unspecified atom stereocenters. The maximum atomic E-state index is 12.4. The standard InChI is InChI=1S/C37H65O11P/c1-4-5-14-20-30(38)24-25-33-32(34(39)26-35(33)40)21-16-12-13-17-22-36(41)46-27-31(28-47-49(43,44)45)48-37(42)23-18-11-9-7-6-8-10-15-19-29(2)3/h12,16,24-25,29-34,38-39H,4-11,13-15,17-23,26-28H2,1-3H3,(H2,43,44,45)/b16-12-,25-24+/t30-,31+,32+,33+,34-/m0/s1. The molecule has 0 amide bonds. The van der Waals surface area contributed by atoms with Crippen molar-refractivity contribution in [3.8, 4) is 0 Å². The van der Waals surface area contributed by atoms with E-state index in [1.165, 1.54) is 32.1 Å². The molecule has 0 aromatic heterocycles. The van der Waals surface area contributed by atoms with E-state index in [-0.39, 0.29) is 37.6 Å². The van der Waals surface area contributed by atoms with Gasteiger partial charge in [-0.3, -0.25) is 18.9 Å². The number of hydrogen-bond acceptors (Lipinski definition) is 9. The molecule has 0 saturated heterocycles. The van der Waals surface area contributed by atoms with E-state index in [1.54, 1.807) is 12.2 Å². The largest absolute Gasteiger partial charge is 0.469 e. The number of hydrogen-bond donors (Lipinski definition) is 4. The highest BCUT2D eigenvalue weighted by Crippen LogP contribution is 2.36. The van der Waals surface area contributed by atoms with Crippen molar-refractivity contribution in [3.63, 3.8) is 0 Å². The Balaban J connectivity index is 2.37. The molecule has 0 aromatic carbocycles. The predicted molar refractivity (Wildman–Crippen MR) is 189 cm³/mol. The Labute approximate surface area is 294 Å². The molecule has 5 atom stereocenters. The Morgan fingerprint density at radius 2 is 1.51 bits per heavy atom. The Morgan fingerprint density at radius 3 is 2.16 bits per heavy atom. The Hall–Kier alpha value is -1.88. The number of phosphoric ester groups is 1. The fourth-order valence-corrected chi connectivity index (χ4v) is 6.25. The summed E-state index contributed by atoms with van der Waals surface area (Å²) in [5.74, 6) is -1.07. The first-order chi connectivity index (χ1) is 23.3. The lowest BCUT2D eigenvalue weighted by Gasteiger charge is -2.18. The van der Waals surface area contributed by atoms with Crippen molar-refractivity contribution in [3.05, 3.63) is 24.3 Å². The van der Waals surface area contributed by atoms with Crippen molar-refractivity contribution in [2.24, 2.45) is 17.8 Å². The molecule has 1 fully saturated rings. The number of ketones is 1. The van der Waals surface area contributed by atoms with E-state index in [2.05, 4.69) is 25.3 Å². The van der Waals surface area contributed by atoms with Gasteiger partial charge in [0.15, 0.2) is 6.10 Å². The first-order valence-corrected chi connectivity index (χ1v) is 20.1. The molecule has 1 saturated carbocycles. The SMILES string of the molecule is CCCCC[C@H](O)/C=C/[C@H]1C(=O)C[C@H](O)[C@@H]1C/C=C\CCCC(=O)OC[C@H](COP(=O)(O)O)OC(=O)CCCCCCCCCCC(C)C. The predicted octanol–water partition coefficient (Wildman–Crippen LogP) is 7.29. The van der Waals surface area contributed by atoms with Crippen LogP contribution in [-0.2, 0) is 32.9 Å². The lowest BCUT2D eigenvalue weighted by atomic mass is 9.90. The molecular formula is C37H65O11P. The van der Waals surface area contributed by atoms with Crippen LogP contribution in [0.4, 0.5) is 0 Å². The number of carbonyl (C=O) groups excluding carboxylic acids is 3. The molecule has 0 aromatic rings. The minimum Gasteiger partial charge on any atom is -0.462 e. The third kappa shape index (κ3) is 24.0. The fraction of sp³-hybridized carbons (Fsp3) is 0.811. The van der Waals surface area contributed by atoms with Crippen molar-refractivity contribution in [1.82, 2.24) is 0 Å². The normalized spacial score (nSPS) is 19.7. The van der Waals surface area contributed by atoms with Crippen molar-refractivity contribution < 1.29 is 52.9 Å². The second kappa shape index (κ2) is 26.9. The zero-order valence-corrected chi connectivity index (χ0v) is 31.1. The summed E-state index contributed by atoms with van der Waals surface area (Å²) in [6, 6.07) is 0. The first-order valence-electron chi connectivity index (χ1n) is 18.6. The summed E-state index contributed by atoms with van der Waals surface area (Å²) in [5, 5.41) is 20.6. The molecule has 0 spiro atoms. The molecule has 0 radical (unpaired) electrons. The van der Waals surface area contributed by atoms with E-state index in [9.17, 15) is 29.2 Å². The second-order valence-electron chi connectivity index (χ2n) is 13.8. The Morgan fingerprint density at radius 1 is 0.878 bits per heavy atom. The third-order valence-corrected chi connectivity index (χ3v) is 9.26. The van der Waals surface area contributed by atoms with Crippen LogP contribution in [0.3, 0.4) is 0 Å². The third-order valence-electron chi connectivity index (χ3n) is 8.78. The van der Waals surface area contributed by atoms with Crippen molar-refractivity contribution in [2.45, 2.75) is 161 Å². The number of unbranched alkanes of at least 4 members (excludes halogenated alkanes) is 10. The van der Waals surface area contributed by atoms with Gasteiger partial charge in [-0.15, -0.1) is 0 Å². The van der Waals surface area contributed by atoms with Crippen LogP contribution >= 0.6 is 7.82 Å². The molecule has 1 aliphatic carbocycles. The molecule has 0 aliphatic heterocycles. The van der Waals surface area contributed by atoms with Gasteiger partial charge in [0.25, 0.3) is 0 Å². The quantitative estimate of drug-likeness (QED) is 0.0265. The molecule has 11 nitrogen and oxygen atoms in total. The number of carbonyl (C=O) groups is 3. The van der Waals surface area contributed by atoms with Gasteiger partial charge >= 0.3 is 19.8 Å². The molecule has 1 aliphatic rings. The summed E-state index contributed by atoms with van der Waals surface area (Å²) in [4.78, 5) is 55.2. The lowest BCUT2D eigenvalue weighted by Crippen LogP contribution is -2.29. The molecule has 1 rings (SSSR count). The summed E-state index contributed by atoms with van der Waals surface area (Å²) in [7, 11) is -4.81. The molecule has 284 valence electrons. The first kappa shape index (κ1) is 45.1. The summed E-state index contributed by atoms with van der Waals surface area (Å²) in [5.41, 5.74) is 0. The maximum Gasteiger partial charge on any atom is 0.469 e. The van der Waals surface area contributed by atoms with Crippen LogP contribution in [0, 0.1) is 17.8 Å². The van der Waals surface area contributed by atoms with Crippen LogP contribution in [0.1, 0.15) is 143 Å². The number of aliphatic hydroxyl groups excluding tert-OH is 2. The molecule has 4 N–H and O–H groups in total. The number of rotatable bonds is 29. The van der Waals surface area contributed by atoms with Gasteiger partial charge in [-0.1, -0.05) is 116 Å². The molecular weight excluding hydrogens is 651 g/mol. The highest BCUT2D eigenvalue weighted by Gasteiger charge is 2.39. The number of phosphoric acid groups is 1. The van der Waals surface area contributed by atoms with Crippen molar-refractivity contribution >= 4 is 25.5 Å². The van der Waals surface area contributed by atoms with Crippen LogP contribution in [0.5, 0.6) is 0 Å². The van der Waals surface area contributed by atoms with Gasteiger partial charge in [0.2, 0.25) is 0 Å². The van der Waals surface area contributed by atoms with Gasteiger partial charge in [0.05, 0.1) is 18.8 Å². The lowest BCUT2D eigenvalue weighted by molar-refractivity contribution is -0.161. The van der Waals surface area contributed by atoms with Gasteiger partial charge in [-0.2, -0.15) is 0 Å². The van der Waals surface area contributed by atoms with Crippen molar-refractivity contribution in [2.75, 3.05) is 13.2 Å². The molecule has 49 heavy (non-hydrogen) atoms. The number of esters is 2. The highest BCUT2D eigenvalue weighted by atomic mass is 31.2. The number of Topliss-reactive ketones (excluding diaryl/α,β-unsaturated/α-hetero) is 1. The van der Waals surface area contributed by atoms with Gasteiger partial charge in [0, 0.05) is 31.1 Å². The van der Waals surface area contributed by atoms with Crippen LogP contribution in [0.2, 0.25) is 0 Å². The number of ether oxygens (including phenoxy) is 2. The van der Waals surface area contributed by atoms with Gasteiger partial charge in [-0.05, 0) is 38.0 Å². The average Bonchev–Trinajstić information content (AvgIpc) is 3.30. The summed E-state index contributed by atoms with van der Waals surface area (Å²) in [6.07, 6.45) is 20.1. The number of aliphatic hydroxyl groups is 2. The summed E-state index contributed by atoms with van der Waals surface area (Å²) >= 11 is 0. The topological polar surface area (TPSA) is 177 Å². The van der Waals surface area contributed by atoms with Crippen LogP contribution < -0.4 is 0 Å². The molecule has 12 heteroatoms. The smallest absolute Gasteiger partial charge is 0.462 e. The molecule has 0 heterocycles. The van der Waals surface area contributed by atoms with Crippen LogP contribution in [-0.4, -0.2) is 69.2 Å². The van der Waals surface area contributed by atoms with Gasteiger partial charge in [0.1, 0.15) is 12.4 Å². The van der Waals surface area contributed by atoms with Gasteiger partial charge in [-0.25, -0.2) is 4.57 Å². The minimum atomic E-state index is -4.81. The zero-order valence-electron chi connectivity index (χ0n) is 30.2. The average molecular weight is 717 g/mol. The minimum absolute atomic E-state index is 0.0330. The Bertz CT molecular complexity index is 1020. The summed E-state index contributed by atoms with van der Waals surface area (Å²) in [6.45, 7) is 5.59. The van der Waals surface area contributed by atoms with Crippen molar-refractivity contribution in [1.29, 1.82) is 0 Å². The van der Waals surface area contributed by atoms with E-state index < -0.39 is 50.6 Å². The monoisotopic (exact) mass is 716 g/mol. The van der Waals surface area contributed by atoms with E-state index in [0.29, 0.717) is 32.1 Å². The van der Waals surface area contributed by atoms with E-state index in [0.717, 1.165) is 44.4 Å². The van der Waals surface area contributed by atoms with E-state index in [1.807, 2.05) is 12.2 Å². The van der Waals surface area contributed by atoms with Gasteiger partial charge < -0.3 is 29.5 Å². The second-order valence-corrected chi connectivity index (χ2v) is 15.1. The Kier molecular flexibility index (Phi) is 24.7. The van der Waals surface area contributed by atoms with Crippen LogP contribution in [0.25, 0.3) is 0 Å².